The van der Waals surface area contributed by atoms with Gasteiger partial charge >= 0.3 is 0 Å². The third-order valence-corrected chi connectivity index (χ3v) is 6.71. The van der Waals surface area contributed by atoms with Crippen LogP contribution in [0.15, 0.2) is 24.3 Å². The minimum absolute atomic E-state index is 0.128. The van der Waals surface area contributed by atoms with Gasteiger partial charge in [-0.1, -0.05) is 51.7 Å². The Labute approximate surface area is 175 Å². The number of hydrogen-bond acceptors (Lipinski definition) is 2. The topological polar surface area (TPSA) is 35.3 Å². The molecular formula is C26H35NO2. The van der Waals surface area contributed by atoms with Gasteiger partial charge < -0.3 is 9.94 Å². The second-order valence-electron chi connectivity index (χ2n) is 10.7. The van der Waals surface area contributed by atoms with Crippen LogP contribution in [0, 0.1) is 16.0 Å². The molecule has 3 aliphatic rings. The van der Waals surface area contributed by atoms with Crippen molar-refractivity contribution < 1.29 is 9.48 Å². The van der Waals surface area contributed by atoms with Crippen molar-refractivity contribution in [1.82, 2.24) is 0 Å². The molecule has 0 saturated carbocycles. The Bertz CT molecular complexity index is 932. The molecule has 1 aromatic rings. The largest absolute Gasteiger partial charge is 0.618 e. The number of unbranched alkanes of at least 4 members (excludes halogenated alkanes) is 3. The van der Waals surface area contributed by atoms with Crippen molar-refractivity contribution >= 4 is 23.0 Å². The fourth-order valence-corrected chi connectivity index (χ4v) is 5.55. The number of nitrogens with zero attached hydrogens (tertiary/aromatic N) is 1. The molecule has 3 heteroatoms. The molecular weight excluding hydrogens is 358 g/mol. The van der Waals surface area contributed by atoms with E-state index in [1.165, 1.54) is 36.8 Å². The molecule has 2 heterocycles. The lowest BCUT2D eigenvalue weighted by molar-refractivity contribution is -0.361. The first-order valence-electron chi connectivity index (χ1n) is 11.2. The Hall–Kier alpha value is -2.03. The zero-order chi connectivity index (χ0) is 21.0. The van der Waals surface area contributed by atoms with Crippen molar-refractivity contribution in [2.24, 2.45) is 10.8 Å². The van der Waals surface area contributed by atoms with Crippen LogP contribution in [0.1, 0.15) is 91.2 Å². The molecule has 0 spiro atoms. The zero-order valence-corrected chi connectivity index (χ0v) is 18.9. The second-order valence-corrected chi connectivity index (χ2v) is 10.7. The Morgan fingerprint density at radius 2 is 1.83 bits per heavy atom. The smallest absolute Gasteiger partial charge is 0.228 e. The van der Waals surface area contributed by atoms with Crippen molar-refractivity contribution in [3.63, 3.8) is 0 Å². The standard InChI is InChI=1S/C26H35NO2/c1-7-8-9-10-12-26(6)16-20-19-14-18-11-13-25(4,5)29-22(18)15-21(19)27(28)23(20)24(2,3)17-26/h11,13-16H,7-10,12,17H2,1-6H3. The van der Waals surface area contributed by atoms with Gasteiger partial charge in [0.15, 0.2) is 0 Å². The van der Waals surface area contributed by atoms with E-state index >= 15 is 0 Å². The van der Waals surface area contributed by atoms with E-state index in [0.29, 0.717) is 0 Å². The van der Waals surface area contributed by atoms with E-state index in [9.17, 15) is 5.21 Å². The van der Waals surface area contributed by atoms with Crippen molar-refractivity contribution in [3.8, 4) is 5.75 Å². The van der Waals surface area contributed by atoms with E-state index in [-0.39, 0.29) is 16.4 Å². The Balaban J connectivity index is 1.77. The van der Waals surface area contributed by atoms with Crippen LogP contribution < -0.4 is 4.74 Å². The number of fused-ring (bicyclic) bond motifs is 4. The van der Waals surface area contributed by atoms with Gasteiger partial charge in [-0.2, -0.15) is 4.74 Å². The lowest BCUT2D eigenvalue weighted by Gasteiger charge is -2.39. The van der Waals surface area contributed by atoms with Gasteiger partial charge in [0.25, 0.3) is 0 Å². The first-order valence-corrected chi connectivity index (χ1v) is 11.2. The fourth-order valence-electron chi connectivity index (χ4n) is 5.55. The molecule has 2 aliphatic heterocycles. The van der Waals surface area contributed by atoms with Crippen LogP contribution in [-0.4, -0.2) is 16.1 Å². The first-order chi connectivity index (χ1) is 13.6. The van der Waals surface area contributed by atoms with E-state index in [4.69, 9.17) is 4.74 Å². The normalized spacial score (nSPS) is 25.8. The van der Waals surface area contributed by atoms with Gasteiger partial charge in [-0.25, -0.2) is 0 Å². The number of benzene rings is 1. The minimum Gasteiger partial charge on any atom is -0.618 e. The number of allylic oxidation sites excluding steroid dienone is 2. The Kier molecular flexibility index (Phi) is 4.72. The highest BCUT2D eigenvalue weighted by molar-refractivity contribution is 6.28. The average molecular weight is 394 g/mol. The molecule has 4 rings (SSSR count). The summed E-state index contributed by atoms with van der Waals surface area (Å²) < 4.78 is 7.31. The summed E-state index contributed by atoms with van der Waals surface area (Å²) in [4.78, 5) is 0. The molecule has 0 radical (unpaired) electrons. The molecule has 0 saturated heterocycles. The van der Waals surface area contributed by atoms with Gasteiger partial charge in [-0.3, -0.25) is 0 Å². The quantitative estimate of drug-likeness (QED) is 0.300. The SMILES string of the molecule is CCCCCCC1(C)C=C2C(=[N+]([O-])c3cc4c(cc32)C=CC(C)(C)O4)C(C)(C)C1. The van der Waals surface area contributed by atoms with Crippen LogP contribution in [0.3, 0.4) is 0 Å². The summed E-state index contributed by atoms with van der Waals surface area (Å²) in [5.74, 6) is 0.803. The second kappa shape index (κ2) is 6.75. The predicted octanol–water partition coefficient (Wildman–Crippen LogP) is 7.26. The third-order valence-electron chi connectivity index (χ3n) is 6.71. The van der Waals surface area contributed by atoms with Crippen LogP contribution in [0.5, 0.6) is 5.75 Å². The summed E-state index contributed by atoms with van der Waals surface area (Å²) in [7, 11) is 0. The van der Waals surface area contributed by atoms with Gasteiger partial charge in [0.2, 0.25) is 11.4 Å². The molecule has 29 heavy (non-hydrogen) atoms. The number of rotatable bonds is 5. The number of ether oxygens (including phenoxy) is 1. The maximum Gasteiger partial charge on any atom is 0.228 e. The van der Waals surface area contributed by atoms with Crippen molar-refractivity contribution in [2.45, 2.75) is 85.7 Å². The zero-order valence-electron chi connectivity index (χ0n) is 18.9. The highest BCUT2D eigenvalue weighted by Gasteiger charge is 2.49. The van der Waals surface area contributed by atoms with E-state index in [1.54, 1.807) is 0 Å². The minimum atomic E-state index is -0.344. The summed E-state index contributed by atoms with van der Waals surface area (Å²) in [5, 5.41) is 13.4. The highest BCUT2D eigenvalue weighted by atomic mass is 16.5. The molecule has 0 amide bonds. The lowest BCUT2D eigenvalue weighted by Crippen LogP contribution is -2.38. The molecule has 0 bridgehead atoms. The molecule has 1 unspecified atom stereocenters. The van der Waals surface area contributed by atoms with E-state index < -0.39 is 0 Å². The molecule has 0 fully saturated rings. The summed E-state index contributed by atoms with van der Waals surface area (Å²) in [6, 6.07) is 4.10. The lowest BCUT2D eigenvalue weighted by atomic mass is 9.62. The Morgan fingerprint density at radius 3 is 2.55 bits per heavy atom. The third kappa shape index (κ3) is 3.53. The average Bonchev–Trinajstić information content (AvgIpc) is 2.88. The van der Waals surface area contributed by atoms with Crippen LogP contribution in [0.4, 0.5) is 5.69 Å². The summed E-state index contributed by atoms with van der Waals surface area (Å²) in [6.45, 7) is 13.2. The van der Waals surface area contributed by atoms with Crippen LogP contribution >= 0.6 is 0 Å². The molecule has 1 aliphatic carbocycles. The van der Waals surface area contributed by atoms with Gasteiger partial charge in [-0.05, 0) is 58.1 Å². The molecule has 3 nitrogen and oxygen atoms in total. The van der Waals surface area contributed by atoms with Crippen LogP contribution in [-0.2, 0) is 0 Å². The predicted molar refractivity (Wildman–Crippen MR) is 122 cm³/mol. The van der Waals surface area contributed by atoms with Crippen LogP contribution in [0.2, 0.25) is 0 Å². The number of hydrogen-bond donors (Lipinski definition) is 0. The fraction of sp³-hybridized carbons (Fsp3) is 0.577. The van der Waals surface area contributed by atoms with Gasteiger partial charge in [0.05, 0.1) is 22.6 Å². The van der Waals surface area contributed by atoms with Crippen LogP contribution in [0.25, 0.3) is 11.6 Å². The molecule has 0 aromatic heterocycles. The molecule has 0 N–H and O–H groups in total. The Morgan fingerprint density at radius 1 is 1.07 bits per heavy atom. The summed E-state index contributed by atoms with van der Waals surface area (Å²) >= 11 is 0. The maximum atomic E-state index is 13.4. The highest BCUT2D eigenvalue weighted by Crippen LogP contribution is 2.53. The summed E-state index contributed by atoms with van der Waals surface area (Å²) in [6.07, 6.45) is 13.9. The van der Waals surface area contributed by atoms with Gasteiger partial charge in [0, 0.05) is 5.56 Å². The van der Waals surface area contributed by atoms with Crippen molar-refractivity contribution in [1.29, 1.82) is 0 Å². The first kappa shape index (κ1) is 20.3. The van der Waals surface area contributed by atoms with Gasteiger partial charge in [-0.15, -0.1) is 0 Å². The maximum absolute atomic E-state index is 13.4. The molecule has 156 valence electrons. The van der Waals surface area contributed by atoms with E-state index in [2.05, 4.69) is 52.0 Å². The molecule has 1 aromatic carbocycles. The summed E-state index contributed by atoms with van der Waals surface area (Å²) in [5.41, 5.74) is 4.56. The van der Waals surface area contributed by atoms with Crippen molar-refractivity contribution in [3.05, 3.63) is 40.6 Å². The van der Waals surface area contributed by atoms with Gasteiger partial charge in [0.1, 0.15) is 11.4 Å². The van der Waals surface area contributed by atoms with Crippen molar-refractivity contribution in [2.75, 3.05) is 0 Å². The molecule has 1 atom stereocenters. The van der Waals surface area contributed by atoms with E-state index in [0.717, 1.165) is 40.3 Å². The monoisotopic (exact) mass is 393 g/mol. The van der Waals surface area contributed by atoms with E-state index in [1.807, 2.05) is 19.9 Å².